The Morgan fingerprint density at radius 2 is 1.81 bits per heavy atom. The summed E-state index contributed by atoms with van der Waals surface area (Å²) in [6.45, 7) is 2.23. The zero-order chi connectivity index (χ0) is 19.0. The van der Waals surface area contributed by atoms with Crippen molar-refractivity contribution in [2.24, 2.45) is 0 Å². The fourth-order valence-corrected chi connectivity index (χ4v) is 4.30. The van der Waals surface area contributed by atoms with Crippen LogP contribution in [0.4, 0.5) is 9.18 Å². The first-order chi connectivity index (χ1) is 13.0. The Morgan fingerprint density at radius 3 is 2.52 bits per heavy atom. The van der Waals surface area contributed by atoms with E-state index in [2.05, 4.69) is 31.1 Å². The number of fused-ring (bicyclic) bond motifs is 1. The van der Waals surface area contributed by atoms with E-state index in [0.717, 1.165) is 37.1 Å². The first kappa shape index (κ1) is 18.0. The number of benzene rings is 2. The lowest BCUT2D eigenvalue weighted by Crippen LogP contribution is -2.48. The second-order valence-electron chi connectivity index (χ2n) is 7.73. The number of likely N-dealkylation sites (tertiary alicyclic amines) is 1. The number of carbonyl (C=O) groups is 1. The van der Waals surface area contributed by atoms with Gasteiger partial charge in [0, 0.05) is 25.7 Å². The lowest BCUT2D eigenvalue weighted by atomic mass is 9.88. The van der Waals surface area contributed by atoms with Crippen LogP contribution in [0.3, 0.4) is 0 Å². The SMILES string of the molecule is CN(C)[C@H]1CCN(C(=O)N2CCc3ccccc3[C@@H]2c2ccc(F)cc2)C1. The van der Waals surface area contributed by atoms with Crippen LogP contribution in [-0.2, 0) is 6.42 Å². The van der Waals surface area contributed by atoms with E-state index < -0.39 is 0 Å². The third-order valence-electron chi connectivity index (χ3n) is 5.88. The van der Waals surface area contributed by atoms with Gasteiger partial charge in [0.2, 0.25) is 0 Å². The average Bonchev–Trinajstić information content (AvgIpc) is 3.18. The lowest BCUT2D eigenvalue weighted by molar-refractivity contribution is 0.143. The molecule has 2 atom stereocenters. The van der Waals surface area contributed by atoms with Crippen molar-refractivity contribution in [2.45, 2.75) is 24.9 Å². The summed E-state index contributed by atoms with van der Waals surface area (Å²) in [4.78, 5) is 19.5. The van der Waals surface area contributed by atoms with Crippen LogP contribution in [0.1, 0.15) is 29.2 Å². The maximum absolute atomic E-state index is 13.5. The summed E-state index contributed by atoms with van der Waals surface area (Å²) in [5.74, 6) is -0.255. The highest BCUT2D eigenvalue weighted by Crippen LogP contribution is 2.36. The van der Waals surface area contributed by atoms with Crippen LogP contribution in [0.15, 0.2) is 48.5 Å². The van der Waals surface area contributed by atoms with Gasteiger partial charge in [0.15, 0.2) is 0 Å². The van der Waals surface area contributed by atoms with Crippen molar-refractivity contribution < 1.29 is 9.18 Å². The molecular weight excluding hydrogens is 341 g/mol. The Morgan fingerprint density at radius 1 is 1.07 bits per heavy atom. The molecule has 2 amide bonds. The molecule has 0 N–H and O–H groups in total. The predicted octanol–water partition coefficient (Wildman–Crippen LogP) is 3.53. The van der Waals surface area contributed by atoms with Gasteiger partial charge < -0.3 is 14.7 Å². The molecule has 1 fully saturated rings. The molecule has 2 aromatic carbocycles. The quantitative estimate of drug-likeness (QED) is 0.812. The molecule has 4 nitrogen and oxygen atoms in total. The van der Waals surface area contributed by atoms with Crippen LogP contribution in [0, 0.1) is 5.82 Å². The minimum atomic E-state index is -0.255. The number of hydrogen-bond acceptors (Lipinski definition) is 2. The average molecular weight is 367 g/mol. The molecule has 0 radical (unpaired) electrons. The van der Waals surface area contributed by atoms with E-state index >= 15 is 0 Å². The minimum Gasteiger partial charge on any atom is -0.323 e. The van der Waals surface area contributed by atoms with Crippen LogP contribution in [0.25, 0.3) is 0 Å². The fourth-order valence-electron chi connectivity index (χ4n) is 4.30. The highest BCUT2D eigenvalue weighted by atomic mass is 19.1. The van der Waals surface area contributed by atoms with Crippen molar-refractivity contribution in [2.75, 3.05) is 33.7 Å². The molecule has 0 unspecified atom stereocenters. The summed E-state index contributed by atoms with van der Waals surface area (Å²) in [5.41, 5.74) is 3.37. The molecule has 4 rings (SSSR count). The zero-order valence-corrected chi connectivity index (χ0v) is 15.9. The number of halogens is 1. The van der Waals surface area contributed by atoms with E-state index in [1.807, 2.05) is 21.9 Å². The van der Waals surface area contributed by atoms with Gasteiger partial charge in [0.1, 0.15) is 5.82 Å². The molecule has 2 aromatic rings. The molecular formula is C22H26FN3O. The van der Waals surface area contributed by atoms with Crippen LogP contribution in [-0.4, -0.2) is 60.5 Å². The molecule has 142 valence electrons. The Labute approximate surface area is 160 Å². The maximum atomic E-state index is 13.5. The van der Waals surface area contributed by atoms with Crippen molar-refractivity contribution in [1.29, 1.82) is 0 Å². The van der Waals surface area contributed by atoms with Gasteiger partial charge in [-0.15, -0.1) is 0 Å². The number of urea groups is 1. The van der Waals surface area contributed by atoms with Gasteiger partial charge in [0.05, 0.1) is 6.04 Å². The van der Waals surface area contributed by atoms with Crippen LogP contribution < -0.4 is 0 Å². The third kappa shape index (κ3) is 3.44. The molecule has 0 saturated carbocycles. The molecule has 5 heteroatoms. The summed E-state index contributed by atoms with van der Waals surface area (Å²) in [6, 6.07) is 15.2. The summed E-state index contributed by atoms with van der Waals surface area (Å²) in [5, 5.41) is 0. The first-order valence-electron chi connectivity index (χ1n) is 9.60. The van der Waals surface area contributed by atoms with Crippen molar-refractivity contribution >= 4 is 6.03 Å². The Balaban J connectivity index is 1.67. The van der Waals surface area contributed by atoms with E-state index in [1.54, 1.807) is 12.1 Å². The normalized spacial score (nSPS) is 22.2. The summed E-state index contributed by atoms with van der Waals surface area (Å²) < 4.78 is 13.5. The van der Waals surface area contributed by atoms with Crippen molar-refractivity contribution in [3.8, 4) is 0 Å². The minimum absolute atomic E-state index is 0.0863. The summed E-state index contributed by atoms with van der Waals surface area (Å²) in [7, 11) is 4.13. The molecule has 27 heavy (non-hydrogen) atoms. The Bertz CT molecular complexity index is 821. The van der Waals surface area contributed by atoms with Gasteiger partial charge in [-0.1, -0.05) is 36.4 Å². The number of hydrogen-bond donors (Lipinski definition) is 0. The number of amides is 2. The number of likely N-dealkylation sites (N-methyl/N-ethyl adjacent to an activating group) is 1. The topological polar surface area (TPSA) is 26.8 Å². The van der Waals surface area contributed by atoms with Crippen molar-refractivity contribution in [1.82, 2.24) is 14.7 Å². The second kappa shape index (κ2) is 7.31. The lowest BCUT2D eigenvalue weighted by Gasteiger charge is -2.39. The van der Waals surface area contributed by atoms with Gasteiger partial charge in [-0.3, -0.25) is 0 Å². The fraction of sp³-hybridized carbons (Fsp3) is 0.409. The van der Waals surface area contributed by atoms with Crippen molar-refractivity contribution in [3.05, 3.63) is 71.0 Å². The van der Waals surface area contributed by atoms with E-state index in [-0.39, 0.29) is 17.9 Å². The van der Waals surface area contributed by atoms with Gasteiger partial charge in [-0.2, -0.15) is 0 Å². The molecule has 1 saturated heterocycles. The molecule has 2 aliphatic rings. The van der Waals surface area contributed by atoms with E-state index in [0.29, 0.717) is 12.6 Å². The summed E-state index contributed by atoms with van der Waals surface area (Å²) in [6.07, 6.45) is 1.86. The van der Waals surface area contributed by atoms with E-state index in [4.69, 9.17) is 0 Å². The van der Waals surface area contributed by atoms with E-state index in [9.17, 15) is 9.18 Å². The molecule has 0 spiro atoms. The maximum Gasteiger partial charge on any atom is 0.320 e. The monoisotopic (exact) mass is 367 g/mol. The van der Waals surface area contributed by atoms with Gasteiger partial charge in [0.25, 0.3) is 0 Å². The molecule has 0 bridgehead atoms. The predicted molar refractivity (Wildman–Crippen MR) is 104 cm³/mol. The smallest absolute Gasteiger partial charge is 0.320 e. The molecule has 0 aromatic heterocycles. The Hall–Kier alpha value is -2.40. The van der Waals surface area contributed by atoms with Gasteiger partial charge in [-0.25, -0.2) is 9.18 Å². The van der Waals surface area contributed by atoms with Crippen LogP contribution in [0.5, 0.6) is 0 Å². The molecule has 2 aliphatic heterocycles. The standard InChI is InChI=1S/C22H26FN3O/c1-24(2)19-12-13-25(15-19)22(27)26-14-11-16-5-3-4-6-20(16)21(26)17-7-9-18(23)10-8-17/h3-10,19,21H,11-15H2,1-2H3/t19-,21-/m0/s1. The van der Waals surface area contributed by atoms with Crippen molar-refractivity contribution in [3.63, 3.8) is 0 Å². The largest absolute Gasteiger partial charge is 0.323 e. The number of nitrogens with zero attached hydrogens (tertiary/aromatic N) is 3. The number of rotatable bonds is 2. The highest BCUT2D eigenvalue weighted by Gasteiger charge is 2.37. The highest BCUT2D eigenvalue weighted by molar-refractivity contribution is 5.76. The van der Waals surface area contributed by atoms with E-state index in [1.165, 1.54) is 17.7 Å². The number of carbonyl (C=O) groups excluding carboxylic acids is 1. The molecule has 2 heterocycles. The van der Waals surface area contributed by atoms with Crippen LogP contribution >= 0.6 is 0 Å². The van der Waals surface area contributed by atoms with Crippen LogP contribution in [0.2, 0.25) is 0 Å². The second-order valence-corrected chi connectivity index (χ2v) is 7.73. The molecule has 0 aliphatic carbocycles. The summed E-state index contributed by atoms with van der Waals surface area (Å²) >= 11 is 0. The first-order valence-corrected chi connectivity index (χ1v) is 9.60. The van der Waals surface area contributed by atoms with Gasteiger partial charge >= 0.3 is 6.03 Å². The third-order valence-corrected chi connectivity index (χ3v) is 5.88. The zero-order valence-electron chi connectivity index (χ0n) is 15.9. The Kier molecular flexibility index (Phi) is 4.87. The van der Waals surface area contributed by atoms with Gasteiger partial charge in [-0.05, 0) is 55.8 Å².